The Hall–Kier alpha value is -0.220. The van der Waals surface area contributed by atoms with Crippen molar-refractivity contribution in [1.29, 1.82) is 0 Å². The number of benzene rings is 1. The monoisotopic (exact) mass is 455 g/mol. The number of likely N-dealkylation sites (tertiary alicyclic amines) is 1. The molecule has 0 aromatic heterocycles. The van der Waals surface area contributed by atoms with Crippen LogP contribution in [0.1, 0.15) is 13.3 Å². The molecule has 0 saturated carbocycles. The van der Waals surface area contributed by atoms with E-state index in [2.05, 4.69) is 36.6 Å². The van der Waals surface area contributed by atoms with E-state index in [0.29, 0.717) is 27.0 Å². The molecule has 0 aliphatic carbocycles. The summed E-state index contributed by atoms with van der Waals surface area (Å²) in [6.07, 6.45) is 0.669. The minimum Gasteiger partial charge on any atom is -0.376 e. The van der Waals surface area contributed by atoms with E-state index in [1.165, 1.54) is 0 Å². The average Bonchev–Trinajstić information content (AvgIpc) is 2.72. The molecular formula is C12H15Br2N3O2S2. The van der Waals surface area contributed by atoms with Crippen molar-refractivity contribution in [3.63, 3.8) is 0 Å². The summed E-state index contributed by atoms with van der Waals surface area (Å²) >= 11 is 11.5. The maximum absolute atomic E-state index is 12.5. The van der Waals surface area contributed by atoms with Crippen LogP contribution in [0.15, 0.2) is 32.0 Å². The fourth-order valence-corrected chi connectivity index (χ4v) is 5.39. The highest BCUT2D eigenvalue weighted by Gasteiger charge is 2.33. The number of hydrogen-bond donors (Lipinski definition) is 2. The summed E-state index contributed by atoms with van der Waals surface area (Å²) in [6, 6.07) is 4.95. The average molecular weight is 457 g/mol. The van der Waals surface area contributed by atoms with Gasteiger partial charge in [0.05, 0.1) is 4.90 Å². The van der Waals surface area contributed by atoms with Crippen LogP contribution in [0.4, 0.5) is 0 Å². The molecule has 1 aliphatic heterocycles. The molecule has 3 N–H and O–H groups in total. The van der Waals surface area contributed by atoms with Gasteiger partial charge in [0.2, 0.25) is 10.0 Å². The van der Waals surface area contributed by atoms with Crippen LogP contribution in [0.3, 0.4) is 0 Å². The molecule has 1 aliphatic rings. The Labute approximate surface area is 146 Å². The molecule has 5 nitrogen and oxygen atoms in total. The molecule has 0 amide bonds. The Kier molecular flexibility index (Phi) is 5.30. The SMILES string of the molecule is C[C@H]1C[C@@H](NS(=O)(=O)c2cc(Br)ccc2Br)CN1C(N)=S. The van der Waals surface area contributed by atoms with E-state index in [-0.39, 0.29) is 17.0 Å². The Balaban J connectivity index is 2.19. The third-order valence-corrected chi connectivity index (χ3v) is 6.60. The Morgan fingerprint density at radius 1 is 1.48 bits per heavy atom. The van der Waals surface area contributed by atoms with Crippen molar-refractivity contribution in [2.75, 3.05) is 6.54 Å². The summed E-state index contributed by atoms with van der Waals surface area (Å²) in [5.74, 6) is 0. The molecule has 0 unspecified atom stereocenters. The van der Waals surface area contributed by atoms with Crippen molar-refractivity contribution in [2.24, 2.45) is 5.73 Å². The molecule has 1 fully saturated rings. The lowest BCUT2D eigenvalue weighted by Crippen LogP contribution is -2.41. The van der Waals surface area contributed by atoms with E-state index in [1.54, 1.807) is 18.2 Å². The molecule has 0 bridgehead atoms. The van der Waals surface area contributed by atoms with Gasteiger partial charge in [0.25, 0.3) is 0 Å². The van der Waals surface area contributed by atoms with Gasteiger partial charge in [0, 0.05) is 27.6 Å². The molecule has 1 saturated heterocycles. The van der Waals surface area contributed by atoms with Crippen molar-refractivity contribution in [3.8, 4) is 0 Å². The number of rotatable bonds is 3. The van der Waals surface area contributed by atoms with Gasteiger partial charge in [-0.15, -0.1) is 0 Å². The van der Waals surface area contributed by atoms with Gasteiger partial charge >= 0.3 is 0 Å². The van der Waals surface area contributed by atoms with Crippen LogP contribution in [0.25, 0.3) is 0 Å². The van der Waals surface area contributed by atoms with Gasteiger partial charge in [-0.3, -0.25) is 0 Å². The van der Waals surface area contributed by atoms with Crippen LogP contribution in [-0.4, -0.2) is 37.1 Å². The van der Waals surface area contributed by atoms with E-state index in [1.807, 2.05) is 11.8 Å². The minimum atomic E-state index is -3.61. The third-order valence-electron chi connectivity index (χ3n) is 3.36. The minimum absolute atomic E-state index is 0.126. The fraction of sp³-hybridized carbons (Fsp3) is 0.417. The van der Waals surface area contributed by atoms with Crippen LogP contribution in [-0.2, 0) is 10.0 Å². The highest BCUT2D eigenvalue weighted by molar-refractivity contribution is 9.11. The molecule has 116 valence electrons. The second-order valence-corrected chi connectivity index (χ2v) is 8.84. The van der Waals surface area contributed by atoms with Crippen LogP contribution >= 0.6 is 44.1 Å². The third kappa shape index (κ3) is 3.95. The zero-order valence-electron chi connectivity index (χ0n) is 11.2. The van der Waals surface area contributed by atoms with Gasteiger partial charge in [-0.1, -0.05) is 15.9 Å². The predicted octanol–water partition coefficient (Wildman–Crippen LogP) is 2.20. The Bertz CT molecular complexity index is 666. The number of halogens is 2. The number of thiocarbonyl (C=S) groups is 1. The van der Waals surface area contributed by atoms with Gasteiger partial charge in [-0.25, -0.2) is 13.1 Å². The van der Waals surface area contributed by atoms with Crippen molar-refractivity contribution in [3.05, 3.63) is 27.1 Å². The fourth-order valence-electron chi connectivity index (χ4n) is 2.39. The van der Waals surface area contributed by atoms with Gasteiger partial charge in [0.15, 0.2) is 5.11 Å². The maximum Gasteiger partial charge on any atom is 0.242 e. The molecule has 2 rings (SSSR count). The molecule has 0 radical (unpaired) electrons. The lowest BCUT2D eigenvalue weighted by molar-refractivity contribution is 0.415. The van der Waals surface area contributed by atoms with Crippen LogP contribution in [0.2, 0.25) is 0 Å². The van der Waals surface area contributed by atoms with Crippen LogP contribution < -0.4 is 10.5 Å². The summed E-state index contributed by atoms with van der Waals surface area (Å²) in [6.45, 7) is 2.46. The summed E-state index contributed by atoms with van der Waals surface area (Å²) in [5, 5.41) is 0.299. The number of nitrogens with one attached hydrogen (secondary N) is 1. The summed E-state index contributed by atoms with van der Waals surface area (Å²) in [7, 11) is -3.61. The van der Waals surface area contributed by atoms with E-state index in [4.69, 9.17) is 18.0 Å². The van der Waals surface area contributed by atoms with E-state index < -0.39 is 10.0 Å². The number of hydrogen-bond acceptors (Lipinski definition) is 3. The van der Waals surface area contributed by atoms with E-state index in [9.17, 15) is 8.42 Å². The standard InChI is InChI=1S/C12H15Br2N3O2S2/c1-7-4-9(6-17(7)12(15)20)16-21(18,19)11-5-8(13)2-3-10(11)14/h2-3,5,7,9,16H,4,6H2,1H3,(H2,15,20)/t7-,9+/m0/s1. The lowest BCUT2D eigenvalue weighted by Gasteiger charge is -2.20. The second kappa shape index (κ2) is 6.49. The molecule has 1 heterocycles. The van der Waals surface area contributed by atoms with Crippen molar-refractivity contribution in [2.45, 2.75) is 30.3 Å². The lowest BCUT2D eigenvalue weighted by atomic mass is 10.2. The number of sulfonamides is 1. The maximum atomic E-state index is 12.5. The summed E-state index contributed by atoms with van der Waals surface area (Å²) < 4.78 is 28.9. The first-order chi connectivity index (χ1) is 9.70. The quantitative estimate of drug-likeness (QED) is 0.682. The largest absolute Gasteiger partial charge is 0.376 e. The van der Waals surface area contributed by atoms with Crippen molar-refractivity contribution >= 4 is 59.2 Å². The van der Waals surface area contributed by atoms with Gasteiger partial charge < -0.3 is 10.6 Å². The normalized spacial score (nSPS) is 22.5. The summed E-state index contributed by atoms with van der Waals surface area (Å²) in [4.78, 5) is 2.04. The van der Waals surface area contributed by atoms with E-state index in [0.717, 1.165) is 0 Å². The van der Waals surface area contributed by atoms with E-state index >= 15 is 0 Å². The van der Waals surface area contributed by atoms with Crippen LogP contribution in [0.5, 0.6) is 0 Å². The first kappa shape index (κ1) is 17.1. The topological polar surface area (TPSA) is 75.4 Å². The van der Waals surface area contributed by atoms with Crippen LogP contribution in [0, 0.1) is 0 Å². The number of nitrogens with two attached hydrogens (primary N) is 1. The first-order valence-electron chi connectivity index (χ1n) is 6.24. The molecule has 1 aromatic rings. The number of nitrogens with zero attached hydrogens (tertiary/aromatic N) is 1. The van der Waals surface area contributed by atoms with Crippen molar-refractivity contribution in [1.82, 2.24) is 9.62 Å². The van der Waals surface area contributed by atoms with Crippen molar-refractivity contribution < 1.29 is 8.42 Å². The highest BCUT2D eigenvalue weighted by atomic mass is 79.9. The van der Waals surface area contributed by atoms with Gasteiger partial charge in [0.1, 0.15) is 0 Å². The Morgan fingerprint density at radius 2 is 2.14 bits per heavy atom. The van der Waals surface area contributed by atoms with Gasteiger partial charge in [-0.05, 0) is 59.7 Å². The smallest absolute Gasteiger partial charge is 0.242 e. The molecule has 1 aromatic carbocycles. The second-order valence-electron chi connectivity index (χ2n) is 4.97. The Morgan fingerprint density at radius 3 is 2.71 bits per heavy atom. The zero-order valence-corrected chi connectivity index (χ0v) is 16.0. The zero-order chi connectivity index (χ0) is 15.8. The molecule has 2 atom stereocenters. The molecule has 0 spiro atoms. The predicted molar refractivity (Wildman–Crippen MR) is 93.5 cm³/mol. The first-order valence-corrected chi connectivity index (χ1v) is 9.72. The molecule has 9 heteroatoms. The highest BCUT2D eigenvalue weighted by Crippen LogP contribution is 2.27. The molecular weight excluding hydrogens is 442 g/mol. The van der Waals surface area contributed by atoms with Gasteiger partial charge in [-0.2, -0.15) is 0 Å². The molecule has 21 heavy (non-hydrogen) atoms. The summed E-state index contributed by atoms with van der Waals surface area (Å²) in [5.41, 5.74) is 5.64.